The fraction of sp³-hybridized carbons (Fsp3) is 0.571. The van der Waals surface area contributed by atoms with Crippen LogP contribution in [-0.4, -0.2) is 11.7 Å². The Labute approximate surface area is 122 Å². The highest BCUT2D eigenvalue weighted by atomic mass is 79.9. The summed E-state index contributed by atoms with van der Waals surface area (Å²) in [4.78, 5) is 0. The normalized spacial score (nSPS) is 20.7. The Hall–Kier alpha value is -0.0900. The molecule has 1 aliphatic rings. The summed E-state index contributed by atoms with van der Waals surface area (Å²) in [7, 11) is 0. The standard InChI is InChI=1S/C14H19BrClNO/c15-11-5-4-10(8-12(11)16)13(18)14(9-17)6-2-1-3-7-14/h4-5,8,13,18H,1-3,6-7,9,17H2. The van der Waals surface area contributed by atoms with E-state index in [4.69, 9.17) is 17.3 Å². The second kappa shape index (κ2) is 5.91. The molecule has 1 unspecified atom stereocenters. The molecule has 1 saturated carbocycles. The van der Waals surface area contributed by atoms with Crippen molar-refractivity contribution in [2.24, 2.45) is 11.1 Å². The molecule has 4 heteroatoms. The van der Waals surface area contributed by atoms with Gasteiger partial charge in [-0.2, -0.15) is 0 Å². The molecular weight excluding hydrogens is 314 g/mol. The second-order valence-corrected chi connectivity index (χ2v) is 6.46. The van der Waals surface area contributed by atoms with Gasteiger partial charge >= 0.3 is 0 Å². The van der Waals surface area contributed by atoms with E-state index in [0.29, 0.717) is 11.6 Å². The molecule has 1 aliphatic carbocycles. The summed E-state index contributed by atoms with van der Waals surface area (Å²) in [5, 5.41) is 11.3. The van der Waals surface area contributed by atoms with Crippen molar-refractivity contribution in [3.63, 3.8) is 0 Å². The number of aliphatic hydroxyl groups excluding tert-OH is 1. The van der Waals surface area contributed by atoms with Crippen molar-refractivity contribution in [2.75, 3.05) is 6.54 Å². The Morgan fingerprint density at radius 1 is 1.33 bits per heavy atom. The third kappa shape index (κ3) is 2.74. The maximum absolute atomic E-state index is 10.7. The van der Waals surface area contributed by atoms with E-state index >= 15 is 0 Å². The van der Waals surface area contributed by atoms with Gasteiger partial charge < -0.3 is 10.8 Å². The molecule has 0 aliphatic heterocycles. The minimum absolute atomic E-state index is 0.171. The van der Waals surface area contributed by atoms with Crippen LogP contribution in [0.15, 0.2) is 22.7 Å². The Bertz CT molecular complexity index is 418. The SMILES string of the molecule is NCC1(C(O)c2ccc(Br)c(Cl)c2)CCCCC1. The fourth-order valence-electron chi connectivity index (χ4n) is 2.88. The summed E-state index contributed by atoms with van der Waals surface area (Å²) < 4.78 is 0.852. The predicted molar refractivity (Wildman–Crippen MR) is 78.7 cm³/mol. The first-order chi connectivity index (χ1) is 8.59. The molecule has 1 aromatic rings. The molecule has 0 spiro atoms. The number of hydrogen-bond donors (Lipinski definition) is 2. The zero-order valence-corrected chi connectivity index (χ0v) is 12.7. The average molecular weight is 333 g/mol. The Balaban J connectivity index is 2.27. The van der Waals surface area contributed by atoms with Crippen LogP contribution in [0, 0.1) is 5.41 Å². The number of hydrogen-bond acceptors (Lipinski definition) is 2. The van der Waals surface area contributed by atoms with Crippen molar-refractivity contribution in [2.45, 2.75) is 38.2 Å². The zero-order valence-electron chi connectivity index (χ0n) is 10.3. The molecule has 18 heavy (non-hydrogen) atoms. The van der Waals surface area contributed by atoms with Crippen LogP contribution < -0.4 is 5.73 Å². The molecule has 0 aromatic heterocycles. The molecule has 0 saturated heterocycles. The van der Waals surface area contributed by atoms with Crippen molar-refractivity contribution in [3.05, 3.63) is 33.3 Å². The van der Waals surface area contributed by atoms with Crippen LogP contribution in [-0.2, 0) is 0 Å². The van der Waals surface area contributed by atoms with Crippen molar-refractivity contribution >= 4 is 27.5 Å². The van der Waals surface area contributed by atoms with Crippen LogP contribution in [0.4, 0.5) is 0 Å². The van der Waals surface area contributed by atoms with Gasteiger partial charge in [0.25, 0.3) is 0 Å². The van der Waals surface area contributed by atoms with E-state index in [2.05, 4.69) is 15.9 Å². The Kier molecular flexibility index (Phi) is 4.70. The van der Waals surface area contributed by atoms with Gasteiger partial charge in [-0.1, -0.05) is 36.9 Å². The van der Waals surface area contributed by atoms with Gasteiger partial charge in [0, 0.05) is 16.4 Å². The van der Waals surface area contributed by atoms with Crippen LogP contribution in [0.3, 0.4) is 0 Å². The summed E-state index contributed by atoms with van der Waals surface area (Å²) in [6.45, 7) is 0.530. The van der Waals surface area contributed by atoms with Gasteiger partial charge in [-0.15, -0.1) is 0 Å². The average Bonchev–Trinajstić information content (AvgIpc) is 2.42. The first-order valence-corrected chi connectivity index (χ1v) is 7.59. The molecule has 2 rings (SSSR count). The maximum Gasteiger partial charge on any atom is 0.0858 e. The number of benzene rings is 1. The Morgan fingerprint density at radius 3 is 2.56 bits per heavy atom. The third-order valence-electron chi connectivity index (χ3n) is 4.10. The van der Waals surface area contributed by atoms with Crippen LogP contribution in [0.25, 0.3) is 0 Å². The summed E-state index contributed by atoms with van der Waals surface area (Å²) in [5.74, 6) is 0. The highest BCUT2D eigenvalue weighted by molar-refractivity contribution is 9.10. The van der Waals surface area contributed by atoms with E-state index in [-0.39, 0.29) is 5.41 Å². The number of aliphatic hydroxyl groups is 1. The van der Waals surface area contributed by atoms with Crippen molar-refractivity contribution in [1.29, 1.82) is 0 Å². The second-order valence-electron chi connectivity index (χ2n) is 5.20. The number of halogens is 2. The van der Waals surface area contributed by atoms with Crippen molar-refractivity contribution < 1.29 is 5.11 Å². The van der Waals surface area contributed by atoms with E-state index in [9.17, 15) is 5.11 Å². The molecule has 1 aromatic carbocycles. The summed E-state index contributed by atoms with van der Waals surface area (Å²) in [6, 6.07) is 5.64. The van der Waals surface area contributed by atoms with Crippen LogP contribution in [0.2, 0.25) is 5.02 Å². The molecule has 100 valence electrons. The van der Waals surface area contributed by atoms with E-state index in [1.54, 1.807) is 0 Å². The lowest BCUT2D eigenvalue weighted by atomic mass is 9.68. The van der Waals surface area contributed by atoms with Crippen LogP contribution in [0.5, 0.6) is 0 Å². The smallest absolute Gasteiger partial charge is 0.0858 e. The molecule has 3 N–H and O–H groups in total. The fourth-order valence-corrected chi connectivity index (χ4v) is 3.32. The highest BCUT2D eigenvalue weighted by Crippen LogP contribution is 2.45. The summed E-state index contributed by atoms with van der Waals surface area (Å²) in [5.41, 5.74) is 6.64. The molecule has 0 bridgehead atoms. The minimum atomic E-state index is -0.520. The first-order valence-electron chi connectivity index (χ1n) is 6.42. The van der Waals surface area contributed by atoms with Gasteiger partial charge in [0.1, 0.15) is 0 Å². The summed E-state index contributed by atoms with van der Waals surface area (Å²) in [6.07, 6.45) is 5.02. The topological polar surface area (TPSA) is 46.2 Å². The quantitative estimate of drug-likeness (QED) is 0.877. The molecule has 0 heterocycles. The predicted octanol–water partition coefficient (Wildman–Crippen LogP) is 4.05. The molecule has 0 amide bonds. The highest BCUT2D eigenvalue weighted by Gasteiger charge is 2.38. The monoisotopic (exact) mass is 331 g/mol. The molecule has 1 atom stereocenters. The van der Waals surface area contributed by atoms with Crippen molar-refractivity contribution in [1.82, 2.24) is 0 Å². The number of rotatable bonds is 3. The van der Waals surface area contributed by atoms with E-state index in [1.807, 2.05) is 18.2 Å². The van der Waals surface area contributed by atoms with Gasteiger partial charge in [-0.05, 0) is 46.5 Å². The molecule has 1 fully saturated rings. The van der Waals surface area contributed by atoms with Crippen LogP contribution >= 0.6 is 27.5 Å². The van der Waals surface area contributed by atoms with Gasteiger partial charge in [0.2, 0.25) is 0 Å². The molecular formula is C14H19BrClNO. The van der Waals surface area contributed by atoms with Gasteiger partial charge in [0.15, 0.2) is 0 Å². The molecule has 2 nitrogen and oxygen atoms in total. The lowest BCUT2D eigenvalue weighted by molar-refractivity contribution is 0.000695. The minimum Gasteiger partial charge on any atom is -0.388 e. The van der Waals surface area contributed by atoms with E-state index < -0.39 is 6.10 Å². The zero-order chi connectivity index (χ0) is 13.2. The number of nitrogens with two attached hydrogens (primary N) is 1. The van der Waals surface area contributed by atoms with Gasteiger partial charge in [-0.25, -0.2) is 0 Å². The molecule has 0 radical (unpaired) electrons. The van der Waals surface area contributed by atoms with E-state index in [1.165, 1.54) is 6.42 Å². The largest absolute Gasteiger partial charge is 0.388 e. The summed E-state index contributed by atoms with van der Waals surface area (Å²) >= 11 is 9.46. The van der Waals surface area contributed by atoms with Crippen molar-refractivity contribution in [3.8, 4) is 0 Å². The first kappa shape index (κ1) is 14.3. The lowest BCUT2D eigenvalue weighted by Gasteiger charge is -2.40. The third-order valence-corrected chi connectivity index (χ3v) is 5.33. The van der Waals surface area contributed by atoms with Gasteiger partial charge in [-0.3, -0.25) is 0 Å². The Morgan fingerprint density at radius 2 is 2.00 bits per heavy atom. The maximum atomic E-state index is 10.7. The van der Waals surface area contributed by atoms with E-state index in [0.717, 1.165) is 35.7 Å². The van der Waals surface area contributed by atoms with Gasteiger partial charge in [0.05, 0.1) is 11.1 Å². The lowest BCUT2D eigenvalue weighted by Crippen LogP contribution is -2.38. The van der Waals surface area contributed by atoms with Crippen LogP contribution in [0.1, 0.15) is 43.8 Å².